The van der Waals surface area contributed by atoms with Crippen LogP contribution < -0.4 is 0 Å². The number of halogens is 6. The summed E-state index contributed by atoms with van der Waals surface area (Å²) in [6.07, 6.45) is -6.63. The predicted octanol–water partition coefficient (Wildman–Crippen LogP) is 3.33. The maximum absolute atomic E-state index is 11.9. The predicted molar refractivity (Wildman–Crippen MR) is 30.5 cm³/mol. The molecule has 0 aliphatic heterocycles. The van der Waals surface area contributed by atoms with E-state index < -0.39 is 30.7 Å². The van der Waals surface area contributed by atoms with Crippen LogP contribution in [0.25, 0.3) is 0 Å². The van der Waals surface area contributed by atoms with Crippen LogP contribution in [0.4, 0.5) is 26.3 Å². The monoisotopic (exact) mass is 226 g/mol. The maximum Gasteiger partial charge on any atom is 0.325 e. The Morgan fingerprint density at radius 1 is 0.846 bits per heavy atom. The number of rotatable bonds is 2. The van der Waals surface area contributed by atoms with Crippen LogP contribution in [0, 0.1) is 0 Å². The van der Waals surface area contributed by atoms with Crippen molar-refractivity contribution in [1.82, 2.24) is 0 Å². The van der Waals surface area contributed by atoms with Crippen LogP contribution in [-0.2, 0) is 4.57 Å². The zero-order valence-electron chi connectivity index (χ0n) is 5.57. The van der Waals surface area contributed by atoms with E-state index in [9.17, 15) is 30.9 Å². The molecular formula is C4HF6O2P. The third-order valence-electron chi connectivity index (χ3n) is 0.844. The lowest BCUT2D eigenvalue weighted by Gasteiger charge is -2.03. The molecule has 0 radical (unpaired) electrons. The second-order valence-electron chi connectivity index (χ2n) is 1.68. The molecule has 9 heteroatoms. The zero-order chi connectivity index (χ0) is 10.8. The minimum atomic E-state index is -6.06. The van der Waals surface area contributed by atoms with E-state index in [-0.39, 0.29) is 0 Å². The van der Waals surface area contributed by atoms with Crippen LogP contribution in [0.5, 0.6) is 0 Å². The van der Waals surface area contributed by atoms with Crippen LogP contribution >= 0.6 is 7.37 Å². The van der Waals surface area contributed by atoms with Gasteiger partial charge < -0.3 is 4.89 Å². The van der Waals surface area contributed by atoms with Gasteiger partial charge in [-0.3, -0.25) is 4.57 Å². The van der Waals surface area contributed by atoms with Crippen molar-refractivity contribution in [3.63, 3.8) is 0 Å². The Bertz CT molecular complexity index is 285. The van der Waals surface area contributed by atoms with Crippen LogP contribution in [0.1, 0.15) is 0 Å². The highest BCUT2D eigenvalue weighted by Crippen LogP contribution is 2.60. The fourth-order valence-corrected chi connectivity index (χ4v) is 0.946. The smallest absolute Gasteiger partial charge is 0.325 e. The maximum atomic E-state index is 11.9. The molecule has 13 heavy (non-hydrogen) atoms. The summed E-state index contributed by atoms with van der Waals surface area (Å²) in [4.78, 5) is 8.12. The molecule has 0 saturated heterocycles. The molecule has 1 N–H and O–H groups in total. The van der Waals surface area contributed by atoms with E-state index in [4.69, 9.17) is 4.89 Å². The summed E-state index contributed by atoms with van der Waals surface area (Å²) in [5, 5.41) is 0. The molecule has 0 rings (SSSR count). The molecule has 0 aromatic carbocycles. The van der Waals surface area contributed by atoms with Crippen molar-refractivity contribution in [2.24, 2.45) is 0 Å². The lowest BCUT2D eigenvalue weighted by molar-refractivity contribution is 0.367. The third-order valence-corrected chi connectivity index (χ3v) is 2.25. The zero-order valence-corrected chi connectivity index (χ0v) is 6.46. The lowest BCUT2D eigenvalue weighted by atomic mass is 11.1. The first-order valence-electron chi connectivity index (χ1n) is 2.46. The summed E-state index contributed by atoms with van der Waals surface area (Å²) < 4.78 is 79.2. The van der Waals surface area contributed by atoms with Crippen molar-refractivity contribution in [2.75, 3.05) is 0 Å². The normalized spacial score (nSPS) is 11.0. The molecule has 0 fully saturated rings. The highest BCUT2D eigenvalue weighted by atomic mass is 31.2. The molecule has 0 aliphatic rings. The van der Waals surface area contributed by atoms with Gasteiger partial charge >= 0.3 is 19.5 Å². The fraction of sp³-hybridized carbons (Fsp3) is 0. The fourth-order valence-electron chi connectivity index (χ4n) is 0.315. The van der Waals surface area contributed by atoms with Gasteiger partial charge in [-0.05, 0) is 0 Å². The van der Waals surface area contributed by atoms with Gasteiger partial charge in [-0.15, -0.1) is 0 Å². The van der Waals surface area contributed by atoms with Crippen LogP contribution in [-0.4, -0.2) is 4.89 Å². The standard InChI is InChI=1S/C4HF6O2P/c5-1(6)3(9)13(11,12)4(10)2(7)8/h(H,11,12). The molecule has 0 unspecified atom stereocenters. The molecule has 0 spiro atoms. The van der Waals surface area contributed by atoms with Gasteiger partial charge in [0.2, 0.25) is 0 Å². The van der Waals surface area contributed by atoms with E-state index in [1.54, 1.807) is 0 Å². The molecule has 0 amide bonds. The topological polar surface area (TPSA) is 37.3 Å². The lowest BCUT2D eigenvalue weighted by Crippen LogP contribution is -1.85. The molecule has 0 saturated carbocycles. The van der Waals surface area contributed by atoms with Gasteiger partial charge in [-0.25, -0.2) is 0 Å². The van der Waals surface area contributed by atoms with Crippen molar-refractivity contribution in [3.8, 4) is 0 Å². The summed E-state index contributed by atoms with van der Waals surface area (Å²) in [7, 11) is -6.06. The Balaban J connectivity index is 5.38. The number of hydrogen-bond donors (Lipinski definition) is 1. The number of hydrogen-bond acceptors (Lipinski definition) is 1. The van der Waals surface area contributed by atoms with Gasteiger partial charge in [0.25, 0.3) is 11.1 Å². The van der Waals surface area contributed by atoms with Crippen molar-refractivity contribution in [3.05, 3.63) is 23.3 Å². The first kappa shape index (κ1) is 12.2. The second-order valence-corrected chi connectivity index (χ2v) is 3.62. The van der Waals surface area contributed by atoms with E-state index in [2.05, 4.69) is 0 Å². The van der Waals surface area contributed by atoms with Crippen molar-refractivity contribution >= 4 is 7.37 Å². The Kier molecular flexibility index (Phi) is 3.74. The summed E-state index contributed by atoms with van der Waals surface area (Å²) in [5.41, 5.74) is -6.17. The average Bonchev–Trinajstić information content (AvgIpc) is 2.01. The average molecular weight is 226 g/mol. The van der Waals surface area contributed by atoms with Crippen LogP contribution in [0.3, 0.4) is 0 Å². The molecule has 2 nitrogen and oxygen atoms in total. The third kappa shape index (κ3) is 2.60. The summed E-state index contributed by atoms with van der Waals surface area (Å²) >= 11 is 0. The first-order chi connectivity index (χ1) is 5.71. The largest absolute Gasteiger partial charge is 0.334 e. The minimum absolute atomic E-state index is 3.09. The molecule has 0 aromatic rings. The van der Waals surface area contributed by atoms with E-state index >= 15 is 0 Å². The van der Waals surface area contributed by atoms with Gasteiger partial charge in [0.05, 0.1) is 0 Å². The van der Waals surface area contributed by atoms with Gasteiger partial charge in [0, 0.05) is 0 Å². The molecule has 0 bridgehead atoms. The first-order valence-corrected chi connectivity index (χ1v) is 4.12. The van der Waals surface area contributed by atoms with Gasteiger partial charge in [-0.1, -0.05) is 0 Å². The Labute approximate surface area is 67.6 Å². The van der Waals surface area contributed by atoms with Crippen molar-refractivity contribution < 1.29 is 35.8 Å². The van der Waals surface area contributed by atoms with Gasteiger partial charge in [0.15, 0.2) is 0 Å². The van der Waals surface area contributed by atoms with Gasteiger partial charge in [0.1, 0.15) is 0 Å². The molecular weight excluding hydrogens is 225 g/mol. The summed E-state index contributed by atoms with van der Waals surface area (Å²) in [6, 6.07) is 0. The summed E-state index contributed by atoms with van der Waals surface area (Å²) in [5.74, 6) is 0. The minimum Gasteiger partial charge on any atom is -0.334 e. The van der Waals surface area contributed by atoms with E-state index in [1.165, 1.54) is 0 Å². The molecule has 0 heterocycles. The van der Waals surface area contributed by atoms with E-state index in [1.807, 2.05) is 0 Å². The van der Waals surface area contributed by atoms with E-state index in [0.717, 1.165) is 0 Å². The van der Waals surface area contributed by atoms with Crippen molar-refractivity contribution in [1.29, 1.82) is 0 Å². The molecule has 0 aliphatic carbocycles. The van der Waals surface area contributed by atoms with Crippen LogP contribution in [0.15, 0.2) is 23.3 Å². The van der Waals surface area contributed by atoms with E-state index in [0.29, 0.717) is 0 Å². The Morgan fingerprint density at radius 2 is 1.08 bits per heavy atom. The SMILES string of the molecule is O=P(O)(C(F)=C(F)F)C(F)=C(F)F. The van der Waals surface area contributed by atoms with Gasteiger partial charge in [-0.2, -0.15) is 26.3 Å². The van der Waals surface area contributed by atoms with Crippen molar-refractivity contribution in [2.45, 2.75) is 0 Å². The molecule has 0 atom stereocenters. The highest BCUT2D eigenvalue weighted by molar-refractivity contribution is 7.66. The van der Waals surface area contributed by atoms with Crippen LogP contribution in [0.2, 0.25) is 0 Å². The quantitative estimate of drug-likeness (QED) is 0.579. The molecule has 0 aromatic heterocycles. The Hall–Kier alpha value is -0.750. The highest BCUT2D eigenvalue weighted by Gasteiger charge is 2.38. The Morgan fingerprint density at radius 3 is 1.23 bits per heavy atom. The second kappa shape index (κ2) is 3.97. The summed E-state index contributed by atoms with van der Waals surface area (Å²) in [6.45, 7) is 0. The molecule has 76 valence electrons.